The predicted molar refractivity (Wildman–Crippen MR) is 102 cm³/mol. The number of carbonyl (C=O) groups is 1. The average Bonchev–Trinajstić information content (AvgIpc) is 2.62. The summed E-state index contributed by atoms with van der Waals surface area (Å²) in [5.74, 6) is 0.0314. The molecule has 2 unspecified atom stereocenters. The van der Waals surface area contributed by atoms with Gasteiger partial charge in [-0.15, -0.1) is 12.4 Å². The maximum atomic E-state index is 12.4. The van der Waals surface area contributed by atoms with Gasteiger partial charge in [0.25, 0.3) is 0 Å². The molecule has 27 heavy (non-hydrogen) atoms. The lowest BCUT2D eigenvalue weighted by molar-refractivity contribution is -0.122. The van der Waals surface area contributed by atoms with Gasteiger partial charge in [-0.25, -0.2) is 0 Å². The van der Waals surface area contributed by atoms with Crippen molar-refractivity contribution in [2.75, 3.05) is 0 Å². The van der Waals surface area contributed by atoms with Gasteiger partial charge in [-0.3, -0.25) is 4.79 Å². The number of aryl methyl sites for hydroxylation is 1. The van der Waals surface area contributed by atoms with Crippen LogP contribution < -0.4 is 15.8 Å². The average molecular weight is 397 g/mol. The topological polar surface area (TPSA) is 64.4 Å². The lowest BCUT2D eigenvalue weighted by Gasteiger charge is -2.27. The highest BCUT2D eigenvalue weighted by molar-refractivity contribution is 5.85. The number of alkyl halides is 2. The standard InChI is InChI=1S/C20H22F2N2O2.ClH/c21-20(22)26-15-9-10-16-14(11-15)7-4-8-18(16)24-19(25)12-17(23)13-5-2-1-3-6-13;/h1-3,5-6,9-11,17-18,20H,4,7-8,12,23H2,(H,24,25);1H. The summed E-state index contributed by atoms with van der Waals surface area (Å²) in [4.78, 5) is 12.4. The minimum absolute atomic E-state index is 0. The van der Waals surface area contributed by atoms with E-state index < -0.39 is 6.61 Å². The number of benzene rings is 2. The minimum atomic E-state index is -2.84. The Morgan fingerprint density at radius 3 is 2.67 bits per heavy atom. The zero-order valence-corrected chi connectivity index (χ0v) is 15.6. The number of amides is 1. The van der Waals surface area contributed by atoms with E-state index in [1.54, 1.807) is 12.1 Å². The minimum Gasteiger partial charge on any atom is -0.435 e. The summed E-state index contributed by atoms with van der Waals surface area (Å²) in [6, 6.07) is 13.9. The van der Waals surface area contributed by atoms with E-state index in [-0.39, 0.29) is 42.6 Å². The van der Waals surface area contributed by atoms with E-state index in [9.17, 15) is 13.6 Å². The van der Waals surface area contributed by atoms with Crippen molar-refractivity contribution in [3.63, 3.8) is 0 Å². The first-order valence-corrected chi connectivity index (χ1v) is 8.70. The van der Waals surface area contributed by atoms with Crippen LogP contribution in [0.15, 0.2) is 48.5 Å². The van der Waals surface area contributed by atoms with Gasteiger partial charge in [-0.05, 0) is 48.1 Å². The smallest absolute Gasteiger partial charge is 0.387 e. The highest BCUT2D eigenvalue weighted by Gasteiger charge is 2.23. The molecule has 0 spiro atoms. The maximum absolute atomic E-state index is 12.4. The van der Waals surface area contributed by atoms with Gasteiger partial charge in [0.1, 0.15) is 5.75 Å². The number of hydrogen-bond donors (Lipinski definition) is 2. The summed E-state index contributed by atoms with van der Waals surface area (Å²) in [7, 11) is 0. The second-order valence-corrected chi connectivity index (χ2v) is 6.47. The van der Waals surface area contributed by atoms with Crippen LogP contribution in [0.3, 0.4) is 0 Å². The van der Waals surface area contributed by atoms with Crippen LogP contribution in [0.2, 0.25) is 0 Å². The van der Waals surface area contributed by atoms with Crippen molar-refractivity contribution in [1.29, 1.82) is 0 Å². The number of hydrogen-bond acceptors (Lipinski definition) is 3. The normalized spacial score (nSPS) is 16.8. The SMILES string of the molecule is Cl.NC(CC(=O)NC1CCCc2cc(OC(F)F)ccc21)c1ccccc1. The lowest BCUT2D eigenvalue weighted by Crippen LogP contribution is -2.33. The maximum Gasteiger partial charge on any atom is 0.387 e. The van der Waals surface area contributed by atoms with E-state index in [4.69, 9.17) is 5.73 Å². The first kappa shape index (κ1) is 21.1. The summed E-state index contributed by atoms with van der Waals surface area (Å²) < 4.78 is 29.2. The Morgan fingerprint density at radius 1 is 1.22 bits per heavy atom. The van der Waals surface area contributed by atoms with Crippen LogP contribution in [0.5, 0.6) is 5.75 Å². The van der Waals surface area contributed by atoms with E-state index in [1.165, 1.54) is 6.07 Å². The third-order valence-electron chi connectivity index (χ3n) is 4.62. The first-order valence-electron chi connectivity index (χ1n) is 8.70. The molecule has 0 aromatic heterocycles. The summed E-state index contributed by atoms with van der Waals surface area (Å²) in [6.07, 6.45) is 2.67. The van der Waals surface area contributed by atoms with Crippen molar-refractivity contribution in [2.45, 2.75) is 44.4 Å². The number of nitrogens with one attached hydrogen (secondary N) is 1. The Hall–Kier alpha value is -2.18. The molecule has 0 radical (unpaired) electrons. The van der Waals surface area contributed by atoms with Crippen molar-refractivity contribution in [1.82, 2.24) is 5.32 Å². The van der Waals surface area contributed by atoms with Gasteiger partial charge in [0.15, 0.2) is 0 Å². The molecule has 1 aliphatic carbocycles. The summed E-state index contributed by atoms with van der Waals surface area (Å²) in [6.45, 7) is -2.84. The quantitative estimate of drug-likeness (QED) is 0.765. The van der Waals surface area contributed by atoms with Crippen LogP contribution in [0.1, 0.15) is 48.0 Å². The molecular formula is C20H23ClF2N2O2. The molecule has 1 amide bonds. The number of carbonyl (C=O) groups excluding carboxylic acids is 1. The molecule has 7 heteroatoms. The van der Waals surface area contributed by atoms with Gasteiger partial charge < -0.3 is 15.8 Å². The summed E-state index contributed by atoms with van der Waals surface area (Å²) in [5.41, 5.74) is 8.93. The molecule has 3 N–H and O–H groups in total. The molecule has 0 saturated carbocycles. The molecule has 2 aromatic carbocycles. The zero-order chi connectivity index (χ0) is 18.5. The highest BCUT2D eigenvalue weighted by Crippen LogP contribution is 2.32. The largest absolute Gasteiger partial charge is 0.435 e. The Bertz CT molecular complexity index is 759. The van der Waals surface area contributed by atoms with Crippen molar-refractivity contribution in [2.24, 2.45) is 5.73 Å². The molecule has 0 bridgehead atoms. The number of rotatable bonds is 6. The van der Waals surface area contributed by atoms with Crippen LogP contribution in [0.25, 0.3) is 0 Å². The Morgan fingerprint density at radius 2 is 1.96 bits per heavy atom. The third-order valence-corrected chi connectivity index (χ3v) is 4.62. The fourth-order valence-corrected chi connectivity index (χ4v) is 3.39. The summed E-state index contributed by atoms with van der Waals surface area (Å²) in [5, 5.41) is 3.03. The van der Waals surface area contributed by atoms with E-state index >= 15 is 0 Å². The molecule has 146 valence electrons. The number of halogens is 3. The van der Waals surface area contributed by atoms with Crippen LogP contribution in [-0.2, 0) is 11.2 Å². The summed E-state index contributed by atoms with van der Waals surface area (Å²) >= 11 is 0. The molecule has 0 aliphatic heterocycles. The Balaban J connectivity index is 0.00000261. The Kier molecular flexibility index (Phi) is 7.56. The molecule has 0 fully saturated rings. The molecule has 0 saturated heterocycles. The number of nitrogens with two attached hydrogens (primary N) is 1. The van der Waals surface area contributed by atoms with Crippen LogP contribution >= 0.6 is 12.4 Å². The predicted octanol–water partition coefficient (Wildman–Crippen LogP) is 4.29. The third kappa shape index (κ3) is 5.65. The van der Waals surface area contributed by atoms with E-state index in [2.05, 4.69) is 10.1 Å². The molecule has 4 nitrogen and oxygen atoms in total. The second-order valence-electron chi connectivity index (χ2n) is 6.47. The van der Waals surface area contributed by atoms with Crippen molar-refractivity contribution < 1.29 is 18.3 Å². The van der Waals surface area contributed by atoms with Gasteiger partial charge >= 0.3 is 6.61 Å². The van der Waals surface area contributed by atoms with Gasteiger partial charge in [-0.2, -0.15) is 8.78 Å². The fourth-order valence-electron chi connectivity index (χ4n) is 3.39. The second kappa shape index (κ2) is 9.67. The molecule has 0 heterocycles. The first-order chi connectivity index (χ1) is 12.5. The lowest BCUT2D eigenvalue weighted by atomic mass is 9.87. The Labute approximate surface area is 163 Å². The molecule has 3 rings (SSSR count). The molecular weight excluding hydrogens is 374 g/mol. The fraction of sp³-hybridized carbons (Fsp3) is 0.350. The number of fused-ring (bicyclic) bond motifs is 1. The van der Waals surface area contributed by atoms with Gasteiger partial charge in [0.05, 0.1) is 6.04 Å². The molecule has 2 aromatic rings. The van der Waals surface area contributed by atoms with Gasteiger partial charge in [-0.1, -0.05) is 36.4 Å². The zero-order valence-electron chi connectivity index (χ0n) is 14.7. The van der Waals surface area contributed by atoms with Crippen molar-refractivity contribution >= 4 is 18.3 Å². The monoisotopic (exact) mass is 396 g/mol. The molecule has 2 atom stereocenters. The van der Waals surface area contributed by atoms with E-state index in [0.29, 0.717) is 0 Å². The van der Waals surface area contributed by atoms with Gasteiger partial charge in [0.2, 0.25) is 5.91 Å². The molecule has 1 aliphatic rings. The van der Waals surface area contributed by atoms with Gasteiger partial charge in [0, 0.05) is 12.5 Å². The van der Waals surface area contributed by atoms with Crippen LogP contribution in [0, 0.1) is 0 Å². The van der Waals surface area contributed by atoms with Crippen molar-refractivity contribution in [3.05, 3.63) is 65.2 Å². The van der Waals surface area contributed by atoms with Crippen molar-refractivity contribution in [3.8, 4) is 5.75 Å². The van der Waals surface area contributed by atoms with E-state index in [1.807, 2.05) is 30.3 Å². The van der Waals surface area contributed by atoms with E-state index in [0.717, 1.165) is 36.0 Å². The van der Waals surface area contributed by atoms with Crippen LogP contribution in [0.4, 0.5) is 8.78 Å². The number of ether oxygens (including phenoxy) is 1. The highest BCUT2D eigenvalue weighted by atomic mass is 35.5. The van der Waals surface area contributed by atoms with Crippen LogP contribution in [-0.4, -0.2) is 12.5 Å².